The molecule has 0 fully saturated rings. The zero-order chi connectivity index (χ0) is 11.7. The Morgan fingerprint density at radius 3 is 2.27 bits per heavy atom. The van der Waals surface area contributed by atoms with E-state index in [9.17, 15) is 4.79 Å². The molecule has 0 rings (SSSR count). The molecule has 0 heterocycles. The summed E-state index contributed by atoms with van der Waals surface area (Å²) >= 11 is 1.85. The van der Waals surface area contributed by atoms with Crippen LogP contribution in [-0.2, 0) is 4.79 Å². The minimum atomic E-state index is 0.0946. The van der Waals surface area contributed by atoms with E-state index < -0.39 is 0 Å². The molecule has 15 heavy (non-hydrogen) atoms. The average Bonchev–Trinajstić information content (AvgIpc) is 2.29. The Labute approximate surface area is 97.8 Å². The van der Waals surface area contributed by atoms with Gasteiger partial charge in [-0.2, -0.15) is 11.8 Å². The Kier molecular flexibility index (Phi) is 7.88. The highest BCUT2D eigenvalue weighted by atomic mass is 32.2. The Balaban J connectivity index is 3.93. The van der Waals surface area contributed by atoms with Gasteiger partial charge in [0.25, 0.3) is 0 Å². The van der Waals surface area contributed by atoms with Gasteiger partial charge >= 0.3 is 0 Å². The van der Waals surface area contributed by atoms with Gasteiger partial charge in [0.05, 0.1) is 6.54 Å². The van der Waals surface area contributed by atoms with E-state index in [0.717, 1.165) is 25.9 Å². The Morgan fingerprint density at radius 2 is 1.87 bits per heavy atom. The molecule has 0 aliphatic heterocycles. The third kappa shape index (κ3) is 5.42. The van der Waals surface area contributed by atoms with E-state index in [4.69, 9.17) is 0 Å². The van der Waals surface area contributed by atoms with Crippen molar-refractivity contribution in [3.8, 4) is 0 Å². The van der Waals surface area contributed by atoms with Crippen LogP contribution >= 0.6 is 11.8 Å². The highest BCUT2D eigenvalue weighted by Gasteiger charge is 2.25. The van der Waals surface area contributed by atoms with Crippen molar-refractivity contribution in [3.05, 3.63) is 0 Å². The molecule has 4 heteroatoms. The van der Waals surface area contributed by atoms with Crippen LogP contribution in [0, 0.1) is 0 Å². The maximum Gasteiger partial charge on any atom is 0.234 e. The zero-order valence-electron chi connectivity index (χ0n) is 10.4. The standard InChI is InChI=1S/C11H24N2OS/c1-5-11(6-2,15-4)9-13-10(14)8-12-7-3/h12H,5-9H2,1-4H3,(H,13,14). The molecular formula is C11H24N2OS. The molecule has 0 unspecified atom stereocenters. The molecule has 0 bridgehead atoms. The van der Waals surface area contributed by atoms with Crippen LogP contribution in [0.1, 0.15) is 33.6 Å². The van der Waals surface area contributed by atoms with Gasteiger partial charge in [-0.25, -0.2) is 0 Å². The number of amides is 1. The minimum absolute atomic E-state index is 0.0946. The van der Waals surface area contributed by atoms with Gasteiger partial charge in [0.1, 0.15) is 0 Å². The third-order valence-electron chi connectivity index (χ3n) is 2.86. The molecule has 0 atom stereocenters. The van der Waals surface area contributed by atoms with E-state index in [0.29, 0.717) is 6.54 Å². The summed E-state index contributed by atoms with van der Waals surface area (Å²) in [5.74, 6) is 0.0946. The molecule has 3 nitrogen and oxygen atoms in total. The van der Waals surface area contributed by atoms with Crippen molar-refractivity contribution < 1.29 is 4.79 Å². The third-order valence-corrected chi connectivity index (χ3v) is 4.45. The van der Waals surface area contributed by atoms with Gasteiger partial charge in [0.2, 0.25) is 5.91 Å². The van der Waals surface area contributed by atoms with E-state index in [-0.39, 0.29) is 10.7 Å². The first-order chi connectivity index (χ1) is 7.14. The predicted octanol–water partition coefficient (Wildman–Crippen LogP) is 1.63. The second-order valence-corrected chi connectivity index (χ2v) is 4.93. The van der Waals surface area contributed by atoms with Crippen molar-refractivity contribution in [2.45, 2.75) is 38.4 Å². The van der Waals surface area contributed by atoms with Crippen LogP contribution in [0.25, 0.3) is 0 Å². The second-order valence-electron chi connectivity index (χ2n) is 3.65. The maximum atomic E-state index is 11.4. The minimum Gasteiger partial charge on any atom is -0.354 e. The van der Waals surface area contributed by atoms with Crippen LogP contribution in [0.4, 0.5) is 0 Å². The molecular weight excluding hydrogens is 208 g/mol. The first-order valence-corrected chi connectivity index (χ1v) is 6.89. The van der Waals surface area contributed by atoms with Gasteiger partial charge in [-0.1, -0.05) is 20.8 Å². The number of hydrogen-bond donors (Lipinski definition) is 2. The summed E-state index contributed by atoms with van der Waals surface area (Å²) in [6.45, 7) is 8.38. The fourth-order valence-corrected chi connectivity index (χ4v) is 2.22. The van der Waals surface area contributed by atoms with Crippen molar-refractivity contribution >= 4 is 17.7 Å². The van der Waals surface area contributed by atoms with E-state index in [1.165, 1.54) is 0 Å². The molecule has 0 aliphatic rings. The molecule has 0 radical (unpaired) electrons. The van der Waals surface area contributed by atoms with Crippen molar-refractivity contribution in [2.24, 2.45) is 0 Å². The van der Waals surface area contributed by atoms with E-state index in [1.807, 2.05) is 18.7 Å². The maximum absolute atomic E-state index is 11.4. The lowest BCUT2D eigenvalue weighted by Crippen LogP contribution is -2.42. The fraction of sp³-hybridized carbons (Fsp3) is 0.909. The summed E-state index contributed by atoms with van der Waals surface area (Å²) in [6, 6.07) is 0. The van der Waals surface area contributed by atoms with Gasteiger partial charge in [-0.3, -0.25) is 4.79 Å². The van der Waals surface area contributed by atoms with Crippen LogP contribution in [0.15, 0.2) is 0 Å². The number of rotatable bonds is 8. The van der Waals surface area contributed by atoms with E-state index in [2.05, 4.69) is 30.7 Å². The first-order valence-electron chi connectivity index (χ1n) is 5.66. The van der Waals surface area contributed by atoms with Crippen LogP contribution < -0.4 is 10.6 Å². The predicted molar refractivity (Wildman–Crippen MR) is 68.4 cm³/mol. The molecule has 0 spiro atoms. The number of hydrogen-bond acceptors (Lipinski definition) is 3. The zero-order valence-corrected chi connectivity index (χ0v) is 11.2. The lowest BCUT2D eigenvalue weighted by molar-refractivity contribution is -0.120. The van der Waals surface area contributed by atoms with Gasteiger partial charge in [-0.05, 0) is 25.6 Å². The summed E-state index contributed by atoms with van der Waals surface area (Å²) in [4.78, 5) is 11.4. The lowest BCUT2D eigenvalue weighted by atomic mass is 10.0. The van der Waals surface area contributed by atoms with Crippen molar-refractivity contribution in [2.75, 3.05) is 25.9 Å². The molecule has 0 aliphatic carbocycles. The number of likely N-dealkylation sites (N-methyl/N-ethyl adjacent to an activating group) is 1. The van der Waals surface area contributed by atoms with Gasteiger partial charge in [0.15, 0.2) is 0 Å². The van der Waals surface area contributed by atoms with E-state index in [1.54, 1.807) is 0 Å². The number of carbonyl (C=O) groups excluding carboxylic acids is 1. The van der Waals surface area contributed by atoms with Crippen LogP contribution in [0.5, 0.6) is 0 Å². The quantitative estimate of drug-likeness (QED) is 0.668. The number of thioether (sulfide) groups is 1. The second kappa shape index (κ2) is 7.99. The summed E-state index contributed by atoms with van der Waals surface area (Å²) in [7, 11) is 0. The van der Waals surface area contributed by atoms with Gasteiger partial charge < -0.3 is 10.6 Å². The van der Waals surface area contributed by atoms with Crippen LogP contribution in [0.3, 0.4) is 0 Å². The molecule has 2 N–H and O–H groups in total. The SMILES string of the molecule is CCNCC(=O)NCC(CC)(CC)SC. The normalized spacial score (nSPS) is 11.5. The number of carbonyl (C=O) groups is 1. The van der Waals surface area contributed by atoms with Crippen molar-refractivity contribution in [1.29, 1.82) is 0 Å². The van der Waals surface area contributed by atoms with Gasteiger partial charge in [-0.15, -0.1) is 0 Å². The molecule has 90 valence electrons. The Hall–Kier alpha value is -0.220. The molecule has 0 aromatic rings. The average molecular weight is 232 g/mol. The monoisotopic (exact) mass is 232 g/mol. The summed E-state index contributed by atoms with van der Waals surface area (Å²) < 4.78 is 0.210. The highest BCUT2D eigenvalue weighted by molar-refractivity contribution is 8.00. The first kappa shape index (κ1) is 14.8. The Morgan fingerprint density at radius 1 is 1.27 bits per heavy atom. The summed E-state index contributed by atoms with van der Waals surface area (Å²) in [5, 5.41) is 6.01. The van der Waals surface area contributed by atoms with Crippen molar-refractivity contribution in [3.63, 3.8) is 0 Å². The molecule has 0 aromatic carbocycles. The molecule has 0 aromatic heterocycles. The van der Waals surface area contributed by atoms with Crippen LogP contribution in [-0.4, -0.2) is 36.5 Å². The van der Waals surface area contributed by atoms with E-state index >= 15 is 0 Å². The molecule has 0 saturated carbocycles. The summed E-state index contributed by atoms with van der Waals surface area (Å²) in [5.41, 5.74) is 0. The smallest absolute Gasteiger partial charge is 0.234 e. The Bertz CT molecular complexity index is 173. The highest BCUT2D eigenvalue weighted by Crippen LogP contribution is 2.29. The lowest BCUT2D eigenvalue weighted by Gasteiger charge is -2.29. The largest absolute Gasteiger partial charge is 0.354 e. The van der Waals surface area contributed by atoms with Crippen LogP contribution in [0.2, 0.25) is 0 Å². The fourth-order valence-electron chi connectivity index (χ4n) is 1.42. The van der Waals surface area contributed by atoms with Gasteiger partial charge in [0, 0.05) is 11.3 Å². The van der Waals surface area contributed by atoms with Crippen molar-refractivity contribution in [1.82, 2.24) is 10.6 Å². The topological polar surface area (TPSA) is 41.1 Å². The number of nitrogens with one attached hydrogen (secondary N) is 2. The summed E-state index contributed by atoms with van der Waals surface area (Å²) in [6.07, 6.45) is 4.29. The molecule has 0 saturated heterocycles. The molecule has 1 amide bonds.